The minimum atomic E-state index is 0.0249. The van der Waals surface area contributed by atoms with Gasteiger partial charge in [0, 0.05) is 30.3 Å². The van der Waals surface area contributed by atoms with Crippen molar-refractivity contribution in [2.75, 3.05) is 10.6 Å². The van der Waals surface area contributed by atoms with E-state index in [-0.39, 0.29) is 11.9 Å². The number of hydrogen-bond donors (Lipinski definition) is 2. The molecule has 1 unspecified atom stereocenters. The lowest BCUT2D eigenvalue weighted by Crippen LogP contribution is -2.17. The van der Waals surface area contributed by atoms with Crippen molar-refractivity contribution in [3.8, 4) is 0 Å². The van der Waals surface area contributed by atoms with Crippen molar-refractivity contribution in [3.63, 3.8) is 0 Å². The molecule has 1 amide bonds. The zero-order valence-corrected chi connectivity index (χ0v) is 11.8. The van der Waals surface area contributed by atoms with E-state index in [1.54, 1.807) is 6.26 Å². The first-order valence-electron chi connectivity index (χ1n) is 6.86. The number of nitrogens with one attached hydrogen (secondary N) is 2. The fourth-order valence-electron chi connectivity index (χ4n) is 1.97. The second-order valence-electron chi connectivity index (χ2n) is 4.81. The summed E-state index contributed by atoms with van der Waals surface area (Å²) in [5.74, 6) is 0.994. The molecule has 0 spiro atoms. The predicted octanol–water partition coefficient (Wildman–Crippen LogP) is 3.67. The van der Waals surface area contributed by atoms with E-state index in [2.05, 4.69) is 17.6 Å². The van der Waals surface area contributed by atoms with Gasteiger partial charge >= 0.3 is 0 Å². The van der Waals surface area contributed by atoms with Crippen molar-refractivity contribution in [1.29, 1.82) is 0 Å². The van der Waals surface area contributed by atoms with Gasteiger partial charge in [-0.25, -0.2) is 0 Å². The molecule has 1 aromatic heterocycles. The molecule has 1 heterocycles. The molecule has 0 aliphatic heterocycles. The number of amides is 1. The molecule has 1 aromatic carbocycles. The van der Waals surface area contributed by atoms with E-state index in [0.717, 1.165) is 23.6 Å². The summed E-state index contributed by atoms with van der Waals surface area (Å²) < 4.78 is 5.33. The SMILES string of the molecule is CCC(=O)Nc1ccc(NC(C)Cc2ccco2)cc1. The summed E-state index contributed by atoms with van der Waals surface area (Å²) in [5, 5.41) is 6.23. The number of benzene rings is 1. The number of carbonyl (C=O) groups excluding carboxylic acids is 1. The molecule has 0 bridgehead atoms. The lowest BCUT2D eigenvalue weighted by molar-refractivity contribution is -0.115. The van der Waals surface area contributed by atoms with E-state index in [4.69, 9.17) is 4.42 Å². The van der Waals surface area contributed by atoms with Gasteiger partial charge in [-0.2, -0.15) is 0 Å². The minimum Gasteiger partial charge on any atom is -0.469 e. The lowest BCUT2D eigenvalue weighted by atomic mass is 10.2. The second kappa shape index (κ2) is 6.80. The Labute approximate surface area is 119 Å². The van der Waals surface area contributed by atoms with Gasteiger partial charge in [-0.15, -0.1) is 0 Å². The van der Waals surface area contributed by atoms with Crippen molar-refractivity contribution in [2.45, 2.75) is 32.7 Å². The zero-order valence-electron chi connectivity index (χ0n) is 11.8. The number of hydrogen-bond acceptors (Lipinski definition) is 3. The average molecular weight is 272 g/mol. The maximum atomic E-state index is 11.3. The largest absolute Gasteiger partial charge is 0.469 e. The Bertz CT molecular complexity index is 532. The smallest absolute Gasteiger partial charge is 0.224 e. The molecular weight excluding hydrogens is 252 g/mol. The highest BCUT2D eigenvalue weighted by atomic mass is 16.3. The summed E-state index contributed by atoms with van der Waals surface area (Å²) in [6.07, 6.45) is 3.01. The van der Waals surface area contributed by atoms with Crippen LogP contribution in [0, 0.1) is 0 Å². The molecule has 0 radical (unpaired) electrons. The van der Waals surface area contributed by atoms with Crippen molar-refractivity contribution >= 4 is 17.3 Å². The molecule has 0 aliphatic carbocycles. The Hall–Kier alpha value is -2.23. The number of anilines is 2. The molecule has 0 fully saturated rings. The predicted molar refractivity (Wildman–Crippen MR) is 80.9 cm³/mol. The van der Waals surface area contributed by atoms with Crippen LogP contribution in [0.3, 0.4) is 0 Å². The van der Waals surface area contributed by atoms with E-state index in [1.165, 1.54) is 0 Å². The summed E-state index contributed by atoms with van der Waals surface area (Å²) in [6, 6.07) is 11.9. The molecule has 2 rings (SSSR count). The summed E-state index contributed by atoms with van der Waals surface area (Å²) in [4.78, 5) is 11.3. The van der Waals surface area contributed by atoms with Crippen LogP contribution in [-0.2, 0) is 11.2 Å². The Morgan fingerprint density at radius 2 is 1.90 bits per heavy atom. The van der Waals surface area contributed by atoms with Crippen molar-refractivity contribution in [3.05, 3.63) is 48.4 Å². The van der Waals surface area contributed by atoms with Gasteiger partial charge in [-0.3, -0.25) is 4.79 Å². The van der Waals surface area contributed by atoms with Crippen molar-refractivity contribution in [1.82, 2.24) is 0 Å². The van der Waals surface area contributed by atoms with Gasteiger partial charge in [-0.1, -0.05) is 6.92 Å². The zero-order chi connectivity index (χ0) is 14.4. The molecule has 4 heteroatoms. The van der Waals surface area contributed by atoms with Crippen molar-refractivity contribution < 1.29 is 9.21 Å². The third-order valence-electron chi connectivity index (χ3n) is 2.99. The Balaban J connectivity index is 1.88. The van der Waals surface area contributed by atoms with Crippen LogP contribution in [-0.4, -0.2) is 11.9 Å². The van der Waals surface area contributed by atoms with Crippen LogP contribution >= 0.6 is 0 Å². The first-order chi connectivity index (χ1) is 9.67. The van der Waals surface area contributed by atoms with Crippen LogP contribution < -0.4 is 10.6 Å². The average Bonchev–Trinajstić information content (AvgIpc) is 2.93. The van der Waals surface area contributed by atoms with E-state index in [9.17, 15) is 4.79 Å². The third kappa shape index (κ3) is 4.16. The minimum absolute atomic E-state index is 0.0249. The standard InChI is InChI=1S/C16H20N2O2/c1-3-16(19)18-14-8-6-13(7-9-14)17-12(2)11-15-5-4-10-20-15/h4-10,12,17H,3,11H2,1-2H3,(H,18,19). The van der Waals surface area contributed by atoms with Crippen molar-refractivity contribution in [2.24, 2.45) is 0 Å². The van der Waals surface area contributed by atoms with Gasteiger partial charge in [0.15, 0.2) is 0 Å². The van der Waals surface area contributed by atoms with Gasteiger partial charge < -0.3 is 15.1 Å². The third-order valence-corrected chi connectivity index (χ3v) is 2.99. The number of furan rings is 1. The van der Waals surface area contributed by atoms with Gasteiger partial charge in [-0.05, 0) is 43.3 Å². The quantitative estimate of drug-likeness (QED) is 0.843. The monoisotopic (exact) mass is 272 g/mol. The van der Waals surface area contributed by atoms with E-state index in [0.29, 0.717) is 6.42 Å². The molecule has 0 saturated carbocycles. The molecule has 2 aromatic rings. The summed E-state index contributed by atoms with van der Waals surface area (Å²) in [7, 11) is 0. The Morgan fingerprint density at radius 3 is 2.50 bits per heavy atom. The lowest BCUT2D eigenvalue weighted by Gasteiger charge is -2.14. The molecule has 2 N–H and O–H groups in total. The van der Waals surface area contributed by atoms with Crippen LogP contribution in [0.25, 0.3) is 0 Å². The highest BCUT2D eigenvalue weighted by Gasteiger charge is 2.06. The van der Waals surface area contributed by atoms with Gasteiger partial charge in [0.25, 0.3) is 0 Å². The summed E-state index contributed by atoms with van der Waals surface area (Å²) >= 11 is 0. The highest BCUT2D eigenvalue weighted by Crippen LogP contribution is 2.16. The van der Waals surface area contributed by atoms with Crippen LogP contribution in [0.4, 0.5) is 11.4 Å². The fraction of sp³-hybridized carbons (Fsp3) is 0.312. The molecular formula is C16H20N2O2. The van der Waals surface area contributed by atoms with Crippen LogP contribution in [0.2, 0.25) is 0 Å². The number of rotatable bonds is 6. The van der Waals surface area contributed by atoms with Gasteiger partial charge in [0.2, 0.25) is 5.91 Å². The highest BCUT2D eigenvalue weighted by molar-refractivity contribution is 5.90. The van der Waals surface area contributed by atoms with Crippen LogP contribution in [0.5, 0.6) is 0 Å². The molecule has 1 atom stereocenters. The normalized spacial score (nSPS) is 11.9. The summed E-state index contributed by atoms with van der Waals surface area (Å²) in [6.45, 7) is 3.94. The van der Waals surface area contributed by atoms with E-state index in [1.807, 2.05) is 43.3 Å². The first kappa shape index (κ1) is 14.2. The molecule has 0 aliphatic rings. The molecule has 106 valence electrons. The molecule has 20 heavy (non-hydrogen) atoms. The fourth-order valence-corrected chi connectivity index (χ4v) is 1.97. The Kier molecular flexibility index (Phi) is 4.82. The Morgan fingerprint density at radius 1 is 1.20 bits per heavy atom. The topological polar surface area (TPSA) is 54.3 Å². The second-order valence-corrected chi connectivity index (χ2v) is 4.81. The maximum Gasteiger partial charge on any atom is 0.224 e. The number of carbonyl (C=O) groups is 1. The summed E-state index contributed by atoms with van der Waals surface area (Å²) in [5.41, 5.74) is 1.85. The van der Waals surface area contributed by atoms with Crippen LogP contribution in [0.15, 0.2) is 47.1 Å². The van der Waals surface area contributed by atoms with Gasteiger partial charge in [0.1, 0.15) is 5.76 Å². The van der Waals surface area contributed by atoms with E-state index < -0.39 is 0 Å². The molecule has 0 saturated heterocycles. The van der Waals surface area contributed by atoms with E-state index >= 15 is 0 Å². The van der Waals surface area contributed by atoms with Crippen LogP contribution in [0.1, 0.15) is 26.0 Å². The molecule has 4 nitrogen and oxygen atoms in total. The first-order valence-corrected chi connectivity index (χ1v) is 6.86. The maximum absolute atomic E-state index is 11.3. The van der Waals surface area contributed by atoms with Gasteiger partial charge in [0.05, 0.1) is 6.26 Å².